The SMILES string of the molecule is CCCCCCCCCCCC(=O)N[C@@H](CS)C(C)=O. The minimum Gasteiger partial charge on any atom is -0.345 e. The Hall–Kier alpha value is -0.510. The van der Waals surface area contributed by atoms with Crippen LogP contribution in [0, 0.1) is 0 Å². The minimum absolute atomic E-state index is 0.0257. The lowest BCUT2D eigenvalue weighted by Gasteiger charge is -2.12. The standard InChI is InChI=1S/C16H31NO2S/c1-3-4-5-6-7-8-9-10-11-12-16(19)17-15(13-20)14(2)18/h15,20H,3-13H2,1-2H3,(H,17,19)/t15-/m0/s1. The van der Waals surface area contributed by atoms with Crippen molar-refractivity contribution >= 4 is 24.3 Å². The second kappa shape index (κ2) is 13.5. The molecule has 0 heterocycles. The maximum atomic E-state index is 11.6. The first-order valence-electron chi connectivity index (χ1n) is 8.02. The molecule has 0 aromatic carbocycles. The van der Waals surface area contributed by atoms with Crippen molar-refractivity contribution < 1.29 is 9.59 Å². The fourth-order valence-corrected chi connectivity index (χ4v) is 2.49. The van der Waals surface area contributed by atoms with E-state index in [9.17, 15) is 9.59 Å². The van der Waals surface area contributed by atoms with Crippen LogP contribution < -0.4 is 5.32 Å². The van der Waals surface area contributed by atoms with Crippen LogP contribution in [0.4, 0.5) is 0 Å². The number of thiol groups is 1. The second-order valence-corrected chi connectivity index (χ2v) is 5.86. The van der Waals surface area contributed by atoms with E-state index in [1.807, 2.05) is 0 Å². The molecule has 1 amide bonds. The molecule has 20 heavy (non-hydrogen) atoms. The first-order chi connectivity index (χ1) is 9.61. The van der Waals surface area contributed by atoms with Crippen LogP contribution in [0.3, 0.4) is 0 Å². The Balaban J connectivity index is 3.41. The van der Waals surface area contributed by atoms with E-state index in [1.54, 1.807) is 0 Å². The third-order valence-electron chi connectivity index (χ3n) is 3.52. The highest BCUT2D eigenvalue weighted by molar-refractivity contribution is 7.80. The first-order valence-corrected chi connectivity index (χ1v) is 8.65. The fraction of sp³-hybridized carbons (Fsp3) is 0.875. The van der Waals surface area contributed by atoms with E-state index in [0.29, 0.717) is 12.2 Å². The number of carbonyl (C=O) groups is 2. The van der Waals surface area contributed by atoms with Crippen molar-refractivity contribution in [1.82, 2.24) is 5.32 Å². The molecule has 4 heteroatoms. The van der Waals surface area contributed by atoms with E-state index in [2.05, 4.69) is 24.9 Å². The molecule has 0 saturated carbocycles. The zero-order chi connectivity index (χ0) is 15.2. The van der Waals surface area contributed by atoms with Crippen LogP contribution in [0.25, 0.3) is 0 Å². The zero-order valence-electron chi connectivity index (χ0n) is 13.1. The van der Waals surface area contributed by atoms with Crippen LogP contribution >= 0.6 is 12.6 Å². The van der Waals surface area contributed by atoms with Crippen LogP contribution in [0.15, 0.2) is 0 Å². The molecule has 0 radical (unpaired) electrons. The Kier molecular flexibility index (Phi) is 13.1. The molecule has 0 spiro atoms. The number of carbonyl (C=O) groups excluding carboxylic acids is 2. The van der Waals surface area contributed by atoms with Gasteiger partial charge in [-0.05, 0) is 13.3 Å². The third kappa shape index (κ3) is 11.3. The normalized spacial score (nSPS) is 12.2. The lowest BCUT2D eigenvalue weighted by atomic mass is 10.1. The van der Waals surface area contributed by atoms with Gasteiger partial charge in [0, 0.05) is 12.2 Å². The van der Waals surface area contributed by atoms with E-state index in [-0.39, 0.29) is 11.7 Å². The van der Waals surface area contributed by atoms with Crippen molar-refractivity contribution in [3.8, 4) is 0 Å². The molecule has 0 rings (SSSR count). The summed E-state index contributed by atoms with van der Waals surface area (Å²) >= 11 is 4.07. The molecule has 118 valence electrons. The molecule has 0 bridgehead atoms. The van der Waals surface area contributed by atoms with Crippen molar-refractivity contribution in [1.29, 1.82) is 0 Å². The van der Waals surface area contributed by atoms with Crippen LogP contribution in [0.1, 0.15) is 78.1 Å². The average molecular weight is 301 g/mol. The summed E-state index contributed by atoms with van der Waals surface area (Å²) in [4.78, 5) is 22.8. The number of rotatable bonds is 13. The van der Waals surface area contributed by atoms with E-state index in [0.717, 1.165) is 12.8 Å². The maximum Gasteiger partial charge on any atom is 0.220 e. The maximum absolute atomic E-state index is 11.6. The number of Topliss-reactive ketones (excluding diaryl/α,β-unsaturated/α-hetero) is 1. The molecular formula is C16H31NO2S. The smallest absolute Gasteiger partial charge is 0.220 e. The van der Waals surface area contributed by atoms with Crippen molar-refractivity contribution in [2.45, 2.75) is 84.1 Å². The molecule has 0 aliphatic heterocycles. The first kappa shape index (κ1) is 19.5. The Bertz CT molecular complexity index is 269. The van der Waals surface area contributed by atoms with Gasteiger partial charge in [0.1, 0.15) is 0 Å². The summed E-state index contributed by atoms with van der Waals surface area (Å²) in [6, 6.07) is -0.426. The van der Waals surface area contributed by atoms with Crippen LogP contribution in [-0.4, -0.2) is 23.5 Å². The molecule has 0 saturated heterocycles. The monoisotopic (exact) mass is 301 g/mol. The molecule has 3 nitrogen and oxygen atoms in total. The quantitative estimate of drug-likeness (QED) is 0.400. The van der Waals surface area contributed by atoms with Gasteiger partial charge in [0.15, 0.2) is 5.78 Å². The molecule has 0 aliphatic carbocycles. The van der Waals surface area contributed by atoms with Crippen LogP contribution in [0.5, 0.6) is 0 Å². The number of amides is 1. The summed E-state index contributed by atoms with van der Waals surface area (Å²) in [6.45, 7) is 3.72. The molecule has 0 aliphatic rings. The molecule has 1 atom stereocenters. The van der Waals surface area contributed by atoms with Gasteiger partial charge in [-0.3, -0.25) is 9.59 Å². The highest BCUT2D eigenvalue weighted by atomic mass is 32.1. The summed E-state index contributed by atoms with van der Waals surface area (Å²) in [5.74, 6) is 0.321. The molecule has 0 aromatic rings. The number of hydrogen-bond acceptors (Lipinski definition) is 3. The molecular weight excluding hydrogens is 270 g/mol. The summed E-state index contributed by atoms with van der Waals surface area (Å²) < 4.78 is 0. The highest BCUT2D eigenvalue weighted by Gasteiger charge is 2.14. The van der Waals surface area contributed by atoms with Gasteiger partial charge in [0.05, 0.1) is 6.04 Å². The Morgan fingerprint density at radius 1 is 0.950 bits per heavy atom. The highest BCUT2D eigenvalue weighted by Crippen LogP contribution is 2.10. The van der Waals surface area contributed by atoms with Gasteiger partial charge in [-0.15, -0.1) is 0 Å². The van der Waals surface area contributed by atoms with Gasteiger partial charge < -0.3 is 5.32 Å². The number of hydrogen-bond donors (Lipinski definition) is 2. The van der Waals surface area contributed by atoms with Gasteiger partial charge in [0.2, 0.25) is 5.91 Å². The summed E-state index contributed by atoms with van der Waals surface area (Å²) in [6.07, 6.45) is 11.7. The number of ketones is 1. The number of unbranched alkanes of at least 4 members (excludes halogenated alkanes) is 8. The molecule has 0 aromatic heterocycles. The van der Waals surface area contributed by atoms with Gasteiger partial charge in [-0.1, -0.05) is 58.3 Å². The molecule has 1 N–H and O–H groups in total. The second-order valence-electron chi connectivity index (χ2n) is 5.49. The Morgan fingerprint density at radius 2 is 1.45 bits per heavy atom. The van der Waals surface area contributed by atoms with Crippen LogP contribution in [0.2, 0.25) is 0 Å². The molecule has 0 fully saturated rings. The topological polar surface area (TPSA) is 46.2 Å². The van der Waals surface area contributed by atoms with Crippen LogP contribution in [-0.2, 0) is 9.59 Å². The summed E-state index contributed by atoms with van der Waals surface area (Å²) in [5.41, 5.74) is 0. The van der Waals surface area contributed by atoms with E-state index < -0.39 is 6.04 Å². The fourth-order valence-electron chi connectivity index (χ4n) is 2.14. The lowest BCUT2D eigenvalue weighted by Crippen LogP contribution is -2.40. The van der Waals surface area contributed by atoms with Crippen molar-refractivity contribution in [2.24, 2.45) is 0 Å². The predicted molar refractivity (Wildman–Crippen MR) is 88.3 cm³/mol. The minimum atomic E-state index is -0.426. The largest absolute Gasteiger partial charge is 0.345 e. The average Bonchev–Trinajstić information content (AvgIpc) is 2.42. The van der Waals surface area contributed by atoms with Gasteiger partial charge in [0.25, 0.3) is 0 Å². The third-order valence-corrected chi connectivity index (χ3v) is 3.88. The van der Waals surface area contributed by atoms with Gasteiger partial charge >= 0.3 is 0 Å². The Morgan fingerprint density at radius 3 is 1.90 bits per heavy atom. The predicted octanol–water partition coefficient (Wildman–Crippen LogP) is 3.91. The van der Waals surface area contributed by atoms with Crippen molar-refractivity contribution in [3.63, 3.8) is 0 Å². The summed E-state index contributed by atoms with van der Waals surface area (Å²) in [5, 5.41) is 2.73. The van der Waals surface area contributed by atoms with E-state index in [4.69, 9.17) is 0 Å². The van der Waals surface area contributed by atoms with E-state index in [1.165, 1.54) is 51.9 Å². The lowest BCUT2D eigenvalue weighted by molar-refractivity contribution is -0.126. The molecule has 0 unspecified atom stereocenters. The van der Waals surface area contributed by atoms with Gasteiger partial charge in [-0.2, -0.15) is 12.6 Å². The number of nitrogens with one attached hydrogen (secondary N) is 1. The van der Waals surface area contributed by atoms with Crippen molar-refractivity contribution in [3.05, 3.63) is 0 Å². The Labute approximate surface area is 129 Å². The van der Waals surface area contributed by atoms with Gasteiger partial charge in [-0.25, -0.2) is 0 Å². The van der Waals surface area contributed by atoms with E-state index >= 15 is 0 Å². The summed E-state index contributed by atoms with van der Waals surface area (Å²) in [7, 11) is 0. The van der Waals surface area contributed by atoms with Crippen molar-refractivity contribution in [2.75, 3.05) is 5.75 Å². The zero-order valence-corrected chi connectivity index (χ0v) is 14.0.